The van der Waals surface area contributed by atoms with E-state index in [1.54, 1.807) is 0 Å². The molecule has 1 aliphatic carbocycles. The van der Waals surface area contributed by atoms with Crippen molar-refractivity contribution in [3.05, 3.63) is 110 Å². The third-order valence-corrected chi connectivity index (χ3v) is 8.18. The van der Waals surface area contributed by atoms with Gasteiger partial charge in [0.05, 0.1) is 0 Å². The molecule has 4 rings (SSSR count). The van der Waals surface area contributed by atoms with Crippen molar-refractivity contribution >= 4 is 36.7 Å². The molecule has 32 heavy (non-hydrogen) atoms. The van der Waals surface area contributed by atoms with Crippen molar-refractivity contribution in [1.29, 1.82) is 0 Å². The van der Waals surface area contributed by atoms with Crippen LogP contribution < -0.4 is 9.78 Å². The van der Waals surface area contributed by atoms with Gasteiger partial charge in [0.2, 0.25) is 0 Å². The molecule has 0 spiro atoms. The van der Waals surface area contributed by atoms with Crippen molar-refractivity contribution in [1.82, 2.24) is 5.32 Å². The fourth-order valence-corrected chi connectivity index (χ4v) is 6.45. The topological polar surface area (TPSA) is 115 Å². The second-order valence-electron chi connectivity index (χ2n) is 7.48. The SMILES string of the molecule is O=C(N[C@@H]1Cc2ccccc2C[C@H]1[Se]c1ccccc1)c1cc([N+](=O)[O-])cc([N+](=O)[O-])c1. The zero-order chi connectivity index (χ0) is 22.7. The molecule has 1 amide bonds. The molecule has 3 aromatic carbocycles. The number of nitrogens with zero attached hydrogens (tertiary/aromatic N) is 2. The van der Waals surface area contributed by atoms with Crippen LogP contribution in [0.3, 0.4) is 0 Å². The Kier molecular flexibility index (Phi) is 6.30. The standard InChI is InChI=1S/C23H19N3O5Se/c27-23(17-10-18(25(28)29)14-19(11-17)26(30)31)24-21-12-15-6-4-5-7-16(15)13-22(21)32-20-8-2-1-3-9-20/h1-11,14,21-22H,12-13H2,(H,24,27)/t21-,22-/m1/s1. The molecule has 9 heteroatoms. The fourth-order valence-electron chi connectivity index (χ4n) is 3.81. The van der Waals surface area contributed by atoms with E-state index >= 15 is 0 Å². The first-order chi connectivity index (χ1) is 15.4. The Hall–Kier alpha value is -3.55. The average molecular weight is 496 g/mol. The molecule has 0 unspecified atom stereocenters. The predicted octanol–water partition coefficient (Wildman–Crippen LogP) is 3.22. The van der Waals surface area contributed by atoms with Crippen LogP contribution in [-0.2, 0) is 12.8 Å². The van der Waals surface area contributed by atoms with E-state index in [4.69, 9.17) is 0 Å². The molecule has 2 atom stereocenters. The van der Waals surface area contributed by atoms with Gasteiger partial charge in [-0.2, -0.15) is 0 Å². The summed E-state index contributed by atoms with van der Waals surface area (Å²) in [6, 6.07) is 21.0. The van der Waals surface area contributed by atoms with Crippen LogP contribution in [0.5, 0.6) is 0 Å². The van der Waals surface area contributed by atoms with Crippen LogP contribution in [0.4, 0.5) is 11.4 Å². The van der Waals surface area contributed by atoms with Crippen LogP contribution in [0.15, 0.2) is 72.8 Å². The summed E-state index contributed by atoms with van der Waals surface area (Å²) in [7, 11) is 0. The second-order valence-corrected chi connectivity index (χ2v) is 10.2. The molecule has 8 nitrogen and oxygen atoms in total. The summed E-state index contributed by atoms with van der Waals surface area (Å²) in [5.41, 5.74) is 1.36. The van der Waals surface area contributed by atoms with Crippen LogP contribution in [0.2, 0.25) is 4.82 Å². The van der Waals surface area contributed by atoms with E-state index < -0.39 is 27.1 Å². The van der Waals surface area contributed by atoms with Crippen molar-refractivity contribution in [2.45, 2.75) is 23.7 Å². The van der Waals surface area contributed by atoms with E-state index in [-0.39, 0.29) is 31.4 Å². The molecule has 1 N–H and O–H groups in total. The van der Waals surface area contributed by atoms with E-state index in [0.717, 1.165) is 30.2 Å². The number of carbonyl (C=O) groups is 1. The Morgan fingerprint density at radius 1 is 0.844 bits per heavy atom. The summed E-state index contributed by atoms with van der Waals surface area (Å²) >= 11 is 0.0847. The number of rotatable bonds is 6. The Bertz CT molecular complexity index is 1150. The number of nitro groups is 2. The minimum atomic E-state index is -0.734. The van der Waals surface area contributed by atoms with Crippen molar-refractivity contribution in [2.75, 3.05) is 0 Å². The van der Waals surface area contributed by atoms with Gasteiger partial charge in [-0.1, -0.05) is 0 Å². The van der Waals surface area contributed by atoms with Crippen molar-refractivity contribution in [2.24, 2.45) is 0 Å². The average Bonchev–Trinajstić information content (AvgIpc) is 2.79. The van der Waals surface area contributed by atoms with Gasteiger partial charge in [-0.25, -0.2) is 0 Å². The molecule has 0 saturated carbocycles. The summed E-state index contributed by atoms with van der Waals surface area (Å²) in [5, 5.41) is 25.4. The molecular weight excluding hydrogens is 477 g/mol. The Labute approximate surface area is 190 Å². The minimum absolute atomic E-state index is 0.0847. The normalized spacial score (nSPS) is 17.2. The number of benzene rings is 3. The van der Waals surface area contributed by atoms with Crippen LogP contribution in [0.1, 0.15) is 21.5 Å². The summed E-state index contributed by atoms with van der Waals surface area (Å²) in [6.07, 6.45) is 1.45. The number of hydrogen-bond donors (Lipinski definition) is 1. The zero-order valence-corrected chi connectivity index (χ0v) is 18.6. The number of fused-ring (bicyclic) bond motifs is 1. The molecule has 0 radical (unpaired) electrons. The monoisotopic (exact) mass is 497 g/mol. The van der Waals surface area contributed by atoms with Gasteiger partial charge in [0.25, 0.3) is 0 Å². The first-order valence-corrected chi connectivity index (χ1v) is 11.8. The molecule has 162 valence electrons. The van der Waals surface area contributed by atoms with E-state index in [2.05, 4.69) is 23.5 Å². The van der Waals surface area contributed by atoms with Crippen LogP contribution in [-0.4, -0.2) is 36.8 Å². The molecule has 0 saturated heterocycles. The van der Waals surface area contributed by atoms with Crippen molar-refractivity contribution in [3.63, 3.8) is 0 Å². The van der Waals surface area contributed by atoms with Gasteiger partial charge in [0.1, 0.15) is 0 Å². The van der Waals surface area contributed by atoms with Gasteiger partial charge in [-0.05, 0) is 0 Å². The van der Waals surface area contributed by atoms with Gasteiger partial charge < -0.3 is 0 Å². The van der Waals surface area contributed by atoms with Crippen LogP contribution in [0, 0.1) is 20.2 Å². The number of amides is 1. The zero-order valence-electron chi connectivity index (χ0n) is 16.8. The maximum absolute atomic E-state index is 13.0. The second kappa shape index (κ2) is 9.30. The van der Waals surface area contributed by atoms with Gasteiger partial charge >= 0.3 is 190 Å². The van der Waals surface area contributed by atoms with Crippen molar-refractivity contribution < 1.29 is 14.6 Å². The molecule has 0 aromatic heterocycles. The summed E-state index contributed by atoms with van der Waals surface area (Å²) in [4.78, 5) is 34.1. The Balaban J connectivity index is 1.62. The quantitative estimate of drug-likeness (QED) is 0.320. The van der Waals surface area contributed by atoms with Crippen LogP contribution >= 0.6 is 0 Å². The first-order valence-electron chi connectivity index (χ1n) is 9.94. The van der Waals surface area contributed by atoms with Crippen molar-refractivity contribution in [3.8, 4) is 0 Å². The molecule has 0 heterocycles. The van der Waals surface area contributed by atoms with Gasteiger partial charge in [0.15, 0.2) is 0 Å². The molecule has 3 aromatic rings. The van der Waals surface area contributed by atoms with E-state index in [0.29, 0.717) is 6.42 Å². The third kappa shape index (κ3) is 4.85. The number of nitro benzene ring substituents is 2. The summed E-state index contributed by atoms with van der Waals surface area (Å²) in [5.74, 6) is -0.546. The van der Waals surface area contributed by atoms with E-state index in [9.17, 15) is 25.0 Å². The van der Waals surface area contributed by atoms with Gasteiger partial charge in [-0.3, -0.25) is 0 Å². The number of hydrogen-bond acceptors (Lipinski definition) is 5. The summed E-state index contributed by atoms with van der Waals surface area (Å²) < 4.78 is 1.22. The number of carbonyl (C=O) groups excluding carboxylic acids is 1. The number of nitrogens with one attached hydrogen (secondary N) is 1. The molecular formula is C23H19N3O5Se. The third-order valence-electron chi connectivity index (χ3n) is 5.36. The molecule has 0 aliphatic heterocycles. The van der Waals surface area contributed by atoms with Gasteiger partial charge in [0, 0.05) is 0 Å². The number of non-ortho nitro benzene ring substituents is 2. The van der Waals surface area contributed by atoms with Gasteiger partial charge in [-0.15, -0.1) is 0 Å². The van der Waals surface area contributed by atoms with Crippen LogP contribution in [0.25, 0.3) is 0 Å². The van der Waals surface area contributed by atoms with E-state index in [1.807, 2.05) is 36.4 Å². The fraction of sp³-hybridized carbons (Fsp3) is 0.174. The molecule has 1 aliphatic rings. The Morgan fingerprint density at radius 2 is 1.41 bits per heavy atom. The Morgan fingerprint density at radius 3 is 2.00 bits per heavy atom. The maximum atomic E-state index is 13.0. The molecule has 0 fully saturated rings. The first kappa shape index (κ1) is 21.7. The van der Waals surface area contributed by atoms with E-state index in [1.165, 1.54) is 10.0 Å². The molecule has 0 bridgehead atoms. The summed E-state index contributed by atoms with van der Waals surface area (Å²) in [6.45, 7) is 0. The predicted molar refractivity (Wildman–Crippen MR) is 120 cm³/mol.